The van der Waals surface area contributed by atoms with Crippen molar-refractivity contribution in [3.8, 4) is 11.5 Å². The molecule has 156 valence electrons. The number of esters is 1. The molecule has 6 nitrogen and oxygen atoms in total. The zero-order valence-electron chi connectivity index (χ0n) is 17.0. The summed E-state index contributed by atoms with van der Waals surface area (Å²) >= 11 is 5.97. The molecule has 1 amide bonds. The number of rotatable bonds is 9. The van der Waals surface area contributed by atoms with Crippen LogP contribution in [-0.2, 0) is 9.53 Å². The van der Waals surface area contributed by atoms with Gasteiger partial charge in [-0.25, -0.2) is 4.79 Å². The Morgan fingerprint density at radius 2 is 1.83 bits per heavy atom. The predicted octanol–water partition coefficient (Wildman–Crippen LogP) is 4.42. The largest absolute Gasteiger partial charge is 0.493 e. The maximum atomic E-state index is 12.3. The van der Waals surface area contributed by atoms with E-state index in [1.54, 1.807) is 24.3 Å². The lowest BCUT2D eigenvalue weighted by atomic mass is 10.1. The Kier molecular flexibility index (Phi) is 8.34. The van der Waals surface area contributed by atoms with E-state index in [9.17, 15) is 9.59 Å². The molecule has 0 fully saturated rings. The fourth-order valence-corrected chi connectivity index (χ4v) is 2.73. The van der Waals surface area contributed by atoms with Crippen LogP contribution in [0.5, 0.6) is 11.5 Å². The molecule has 7 heteroatoms. The first-order valence-electron chi connectivity index (χ1n) is 9.33. The van der Waals surface area contributed by atoms with Gasteiger partial charge < -0.3 is 19.5 Å². The molecule has 0 saturated heterocycles. The van der Waals surface area contributed by atoms with E-state index in [1.807, 2.05) is 32.9 Å². The topological polar surface area (TPSA) is 73.9 Å². The number of hydrogen-bond donors (Lipinski definition) is 1. The van der Waals surface area contributed by atoms with Crippen LogP contribution in [0.1, 0.15) is 42.7 Å². The number of hydrogen-bond acceptors (Lipinski definition) is 5. The second-order valence-corrected chi connectivity index (χ2v) is 7.43. The molecule has 0 aromatic heterocycles. The summed E-state index contributed by atoms with van der Waals surface area (Å²) in [7, 11) is 1.50. The Bertz CT molecular complexity index is 853. The van der Waals surface area contributed by atoms with Gasteiger partial charge in [-0.3, -0.25) is 4.79 Å². The Labute approximate surface area is 176 Å². The SMILES string of the molecule is COc1cc(C(=O)OCC(=O)N[C@H](C)c2cccc(Cl)c2)ccc1OCC(C)C. The van der Waals surface area contributed by atoms with E-state index in [4.69, 9.17) is 25.8 Å². The van der Waals surface area contributed by atoms with Crippen LogP contribution in [0.4, 0.5) is 0 Å². The van der Waals surface area contributed by atoms with Crippen LogP contribution in [-0.4, -0.2) is 32.2 Å². The summed E-state index contributed by atoms with van der Waals surface area (Å²) in [5.74, 6) is 0.307. The summed E-state index contributed by atoms with van der Waals surface area (Å²) < 4.78 is 16.1. The Hall–Kier alpha value is -2.73. The molecular formula is C22H26ClNO5. The van der Waals surface area contributed by atoms with E-state index < -0.39 is 18.5 Å². The maximum Gasteiger partial charge on any atom is 0.338 e. The molecule has 0 spiro atoms. The predicted molar refractivity (Wildman–Crippen MR) is 112 cm³/mol. The van der Waals surface area contributed by atoms with Gasteiger partial charge in [-0.2, -0.15) is 0 Å². The third kappa shape index (κ3) is 6.98. The molecule has 0 aliphatic heterocycles. The fraction of sp³-hybridized carbons (Fsp3) is 0.364. The quantitative estimate of drug-likeness (QED) is 0.609. The molecule has 0 unspecified atom stereocenters. The number of nitrogens with one attached hydrogen (secondary N) is 1. The van der Waals surface area contributed by atoms with E-state index in [1.165, 1.54) is 13.2 Å². The highest BCUT2D eigenvalue weighted by atomic mass is 35.5. The van der Waals surface area contributed by atoms with Crippen LogP contribution in [0.2, 0.25) is 5.02 Å². The van der Waals surface area contributed by atoms with Crippen LogP contribution < -0.4 is 14.8 Å². The first-order valence-corrected chi connectivity index (χ1v) is 9.70. The van der Waals surface area contributed by atoms with Crippen molar-refractivity contribution in [1.29, 1.82) is 0 Å². The van der Waals surface area contributed by atoms with Crippen molar-refractivity contribution in [2.24, 2.45) is 5.92 Å². The maximum absolute atomic E-state index is 12.3. The van der Waals surface area contributed by atoms with E-state index in [-0.39, 0.29) is 11.6 Å². The highest BCUT2D eigenvalue weighted by Gasteiger charge is 2.16. The molecule has 2 aromatic rings. The number of amides is 1. The van der Waals surface area contributed by atoms with E-state index in [0.717, 1.165) is 5.56 Å². The van der Waals surface area contributed by atoms with E-state index in [2.05, 4.69) is 5.32 Å². The summed E-state index contributed by atoms with van der Waals surface area (Å²) in [6.07, 6.45) is 0. The first-order chi connectivity index (χ1) is 13.8. The third-order valence-corrected chi connectivity index (χ3v) is 4.27. The van der Waals surface area contributed by atoms with E-state index in [0.29, 0.717) is 29.0 Å². The summed E-state index contributed by atoms with van der Waals surface area (Å²) in [5.41, 5.74) is 1.13. The lowest BCUT2D eigenvalue weighted by molar-refractivity contribution is -0.124. The van der Waals surface area contributed by atoms with Crippen molar-refractivity contribution < 1.29 is 23.8 Å². The van der Waals surface area contributed by atoms with Crippen LogP contribution in [0.3, 0.4) is 0 Å². The number of carbonyl (C=O) groups is 2. The highest BCUT2D eigenvalue weighted by Crippen LogP contribution is 2.28. The van der Waals surface area contributed by atoms with Gasteiger partial charge in [-0.15, -0.1) is 0 Å². The molecule has 0 bridgehead atoms. The molecule has 0 saturated carbocycles. The highest BCUT2D eigenvalue weighted by molar-refractivity contribution is 6.30. The average molecular weight is 420 g/mol. The lowest BCUT2D eigenvalue weighted by Gasteiger charge is -2.15. The third-order valence-electron chi connectivity index (χ3n) is 4.03. The minimum atomic E-state index is -0.621. The van der Waals surface area contributed by atoms with Gasteiger partial charge in [0, 0.05) is 5.02 Å². The number of benzene rings is 2. The van der Waals surface area contributed by atoms with Crippen LogP contribution in [0, 0.1) is 5.92 Å². The van der Waals surface area contributed by atoms with Crippen LogP contribution in [0.25, 0.3) is 0 Å². The van der Waals surface area contributed by atoms with Crippen molar-refractivity contribution in [2.75, 3.05) is 20.3 Å². The fourth-order valence-electron chi connectivity index (χ4n) is 2.53. The molecule has 1 N–H and O–H groups in total. The van der Waals surface area contributed by atoms with E-state index >= 15 is 0 Å². The van der Waals surface area contributed by atoms with Gasteiger partial charge in [0.25, 0.3) is 5.91 Å². The molecule has 0 aliphatic carbocycles. The molecular weight excluding hydrogens is 394 g/mol. The van der Waals surface area contributed by atoms with Gasteiger partial charge in [0.15, 0.2) is 18.1 Å². The lowest BCUT2D eigenvalue weighted by Crippen LogP contribution is -2.31. The standard InChI is InChI=1S/C22H26ClNO5/c1-14(2)12-28-19-9-8-17(11-20(19)27-4)22(26)29-13-21(25)24-15(3)16-6-5-7-18(23)10-16/h5-11,14-15H,12-13H2,1-4H3,(H,24,25)/t15-/m1/s1. The van der Waals surface area contributed by atoms with Crippen molar-refractivity contribution >= 4 is 23.5 Å². The number of methoxy groups -OCH3 is 1. The second kappa shape index (κ2) is 10.7. The molecule has 29 heavy (non-hydrogen) atoms. The normalized spacial score (nSPS) is 11.7. The van der Waals surface area contributed by atoms with Gasteiger partial charge in [-0.05, 0) is 48.7 Å². The van der Waals surface area contributed by atoms with Crippen molar-refractivity contribution in [1.82, 2.24) is 5.32 Å². The molecule has 0 aliphatic rings. The van der Waals surface area contributed by atoms with Crippen molar-refractivity contribution in [3.63, 3.8) is 0 Å². The smallest absolute Gasteiger partial charge is 0.338 e. The van der Waals surface area contributed by atoms with Crippen molar-refractivity contribution in [3.05, 3.63) is 58.6 Å². The van der Waals surface area contributed by atoms with Crippen molar-refractivity contribution in [2.45, 2.75) is 26.8 Å². The monoisotopic (exact) mass is 419 g/mol. The Morgan fingerprint density at radius 3 is 2.48 bits per heavy atom. The average Bonchev–Trinajstić information content (AvgIpc) is 2.70. The zero-order valence-corrected chi connectivity index (χ0v) is 17.8. The number of halogens is 1. The Morgan fingerprint density at radius 1 is 1.07 bits per heavy atom. The van der Waals surface area contributed by atoms with Gasteiger partial charge in [-0.1, -0.05) is 37.6 Å². The molecule has 0 radical (unpaired) electrons. The first kappa shape index (κ1) is 22.6. The molecule has 1 atom stereocenters. The van der Waals surface area contributed by atoms with Gasteiger partial charge in [0.2, 0.25) is 0 Å². The number of ether oxygens (including phenoxy) is 3. The second-order valence-electron chi connectivity index (χ2n) is 6.99. The van der Waals surface area contributed by atoms with Gasteiger partial charge >= 0.3 is 5.97 Å². The van der Waals surface area contributed by atoms with Gasteiger partial charge in [0.05, 0.1) is 25.3 Å². The minimum absolute atomic E-state index is 0.266. The number of carbonyl (C=O) groups excluding carboxylic acids is 2. The summed E-state index contributed by atoms with van der Waals surface area (Å²) in [6.45, 7) is 6.04. The van der Waals surface area contributed by atoms with Crippen LogP contribution >= 0.6 is 11.6 Å². The molecule has 2 rings (SSSR count). The summed E-state index contributed by atoms with van der Waals surface area (Å²) in [6, 6.07) is 11.7. The van der Waals surface area contributed by atoms with Gasteiger partial charge in [0.1, 0.15) is 0 Å². The summed E-state index contributed by atoms with van der Waals surface area (Å²) in [5, 5.41) is 3.36. The van der Waals surface area contributed by atoms with Crippen LogP contribution in [0.15, 0.2) is 42.5 Å². The summed E-state index contributed by atoms with van der Waals surface area (Å²) in [4.78, 5) is 24.4. The minimum Gasteiger partial charge on any atom is -0.493 e. The molecule has 2 aromatic carbocycles. The molecule has 0 heterocycles. The zero-order chi connectivity index (χ0) is 21.4. The Balaban J connectivity index is 1.91.